The van der Waals surface area contributed by atoms with E-state index in [9.17, 15) is 27.9 Å². The third-order valence-corrected chi connectivity index (χ3v) is 5.63. The number of carbonyl (C=O) groups excluding carboxylic acids is 2. The van der Waals surface area contributed by atoms with Crippen LogP contribution in [0.3, 0.4) is 0 Å². The Hall–Kier alpha value is -4.28. The summed E-state index contributed by atoms with van der Waals surface area (Å²) in [7, 11) is 1.27. The van der Waals surface area contributed by atoms with Crippen LogP contribution in [0.15, 0.2) is 60.8 Å². The molecule has 0 aliphatic heterocycles. The number of hydrogen-bond acceptors (Lipinski definition) is 6. The molecule has 3 aromatic rings. The summed E-state index contributed by atoms with van der Waals surface area (Å²) in [5, 5.41) is 15.2. The molecule has 1 heterocycles. The number of alkyl halides is 3. The molecule has 2 aromatic carbocycles. The maximum absolute atomic E-state index is 13.4. The molecule has 2 amide bonds. The van der Waals surface area contributed by atoms with E-state index in [1.54, 1.807) is 12.1 Å². The topological polar surface area (TPSA) is 110 Å². The molecule has 3 N–H and O–H groups in total. The highest BCUT2D eigenvalue weighted by Gasteiger charge is 2.51. The van der Waals surface area contributed by atoms with E-state index in [0.717, 1.165) is 12.1 Å². The van der Waals surface area contributed by atoms with Gasteiger partial charge in [-0.25, -0.2) is 0 Å². The first-order valence-electron chi connectivity index (χ1n) is 10.9. The number of aromatic nitrogens is 1. The number of pyridine rings is 1. The first kappa shape index (κ1) is 24.8. The quantitative estimate of drug-likeness (QED) is 0.427. The van der Waals surface area contributed by atoms with E-state index in [2.05, 4.69) is 15.6 Å². The van der Waals surface area contributed by atoms with Crippen molar-refractivity contribution in [3.63, 3.8) is 0 Å². The number of nitrogens with one attached hydrogen (secondary N) is 2. The number of phenols is 1. The molecule has 1 fully saturated rings. The van der Waals surface area contributed by atoms with Crippen molar-refractivity contribution in [3.05, 3.63) is 77.6 Å². The number of ether oxygens (including phenoxy) is 2. The zero-order valence-electron chi connectivity index (χ0n) is 19.1. The minimum absolute atomic E-state index is 0.0314. The van der Waals surface area contributed by atoms with E-state index >= 15 is 0 Å². The second kappa shape index (κ2) is 9.76. The molecule has 188 valence electrons. The first-order valence-corrected chi connectivity index (χ1v) is 10.9. The highest BCUT2D eigenvalue weighted by atomic mass is 19.4. The van der Waals surface area contributed by atoms with Crippen LogP contribution in [0.2, 0.25) is 0 Å². The van der Waals surface area contributed by atoms with E-state index < -0.39 is 34.8 Å². The Kier molecular flexibility index (Phi) is 6.73. The zero-order chi connectivity index (χ0) is 25.9. The minimum atomic E-state index is -4.64. The lowest BCUT2D eigenvalue weighted by molar-refractivity contribution is -0.138. The molecule has 0 spiro atoms. The van der Waals surface area contributed by atoms with Crippen molar-refractivity contribution < 1.29 is 37.3 Å². The Labute approximate surface area is 204 Å². The molecule has 1 saturated carbocycles. The predicted octanol–water partition coefficient (Wildman–Crippen LogP) is 4.19. The Morgan fingerprint density at radius 3 is 2.42 bits per heavy atom. The number of methoxy groups -OCH3 is 1. The first-order chi connectivity index (χ1) is 17.1. The van der Waals surface area contributed by atoms with Gasteiger partial charge in [0.15, 0.2) is 0 Å². The lowest BCUT2D eigenvalue weighted by atomic mass is 10.1. The van der Waals surface area contributed by atoms with Gasteiger partial charge in [0.1, 0.15) is 34.1 Å². The number of rotatable bonds is 8. The van der Waals surface area contributed by atoms with E-state index in [1.807, 2.05) is 0 Å². The molecule has 0 radical (unpaired) electrons. The van der Waals surface area contributed by atoms with E-state index in [1.165, 1.54) is 43.6 Å². The van der Waals surface area contributed by atoms with Gasteiger partial charge in [0.25, 0.3) is 5.91 Å². The maximum atomic E-state index is 13.4. The van der Waals surface area contributed by atoms with Gasteiger partial charge in [-0.3, -0.25) is 14.6 Å². The smallest absolute Gasteiger partial charge is 0.420 e. The van der Waals surface area contributed by atoms with Gasteiger partial charge in [0, 0.05) is 0 Å². The third kappa shape index (κ3) is 5.51. The number of phenolic OH excluding ortho intramolecular Hbond substituents is 1. The van der Waals surface area contributed by atoms with Crippen molar-refractivity contribution in [2.75, 3.05) is 7.11 Å². The summed E-state index contributed by atoms with van der Waals surface area (Å²) in [5.74, 6) is -1.42. The monoisotopic (exact) mass is 501 g/mol. The normalized spacial score (nSPS) is 14.0. The van der Waals surface area contributed by atoms with Crippen LogP contribution in [0.1, 0.15) is 34.5 Å². The van der Waals surface area contributed by atoms with Crippen molar-refractivity contribution in [2.45, 2.75) is 31.1 Å². The molecule has 11 heteroatoms. The van der Waals surface area contributed by atoms with Crippen LogP contribution in [0.4, 0.5) is 13.2 Å². The number of hydrogen-bond donors (Lipinski definition) is 3. The van der Waals surface area contributed by atoms with Gasteiger partial charge in [0.2, 0.25) is 5.91 Å². The van der Waals surface area contributed by atoms with Gasteiger partial charge in [0.05, 0.1) is 31.1 Å². The van der Waals surface area contributed by atoms with Crippen LogP contribution < -0.4 is 20.1 Å². The number of benzene rings is 2. The largest absolute Gasteiger partial charge is 0.507 e. The lowest BCUT2D eigenvalue weighted by Gasteiger charge is -2.17. The maximum Gasteiger partial charge on any atom is 0.420 e. The summed E-state index contributed by atoms with van der Waals surface area (Å²) >= 11 is 0. The van der Waals surface area contributed by atoms with Crippen molar-refractivity contribution in [1.29, 1.82) is 0 Å². The molecule has 0 saturated heterocycles. The van der Waals surface area contributed by atoms with Gasteiger partial charge in [-0.1, -0.05) is 12.1 Å². The van der Waals surface area contributed by atoms with Crippen LogP contribution in [-0.4, -0.2) is 34.6 Å². The molecule has 36 heavy (non-hydrogen) atoms. The molecule has 0 bridgehead atoms. The summed E-state index contributed by atoms with van der Waals surface area (Å²) in [6.07, 6.45) is -2.50. The van der Waals surface area contributed by atoms with Crippen molar-refractivity contribution in [1.82, 2.24) is 15.6 Å². The molecule has 4 rings (SSSR count). The summed E-state index contributed by atoms with van der Waals surface area (Å²) in [6, 6.07) is 12.3. The molecule has 1 aliphatic rings. The van der Waals surface area contributed by atoms with Gasteiger partial charge < -0.3 is 25.2 Å². The van der Waals surface area contributed by atoms with Gasteiger partial charge in [-0.15, -0.1) is 0 Å². The van der Waals surface area contributed by atoms with Crippen LogP contribution in [0.25, 0.3) is 0 Å². The molecule has 1 aromatic heterocycles. The van der Waals surface area contributed by atoms with Crippen molar-refractivity contribution in [2.24, 2.45) is 0 Å². The SMILES string of the molecule is COc1ccc(Oc2ccc(CNC(=O)C3(NC(=O)c4ccccc4O)CC3)nc2)c(C(F)(F)F)c1. The summed E-state index contributed by atoms with van der Waals surface area (Å²) in [6.45, 7) is 0.0314. The number of halogens is 3. The fraction of sp³-hybridized carbons (Fsp3) is 0.240. The van der Waals surface area contributed by atoms with E-state index in [-0.39, 0.29) is 29.4 Å². The zero-order valence-corrected chi connectivity index (χ0v) is 19.1. The minimum Gasteiger partial charge on any atom is -0.507 e. The average molecular weight is 501 g/mol. The lowest BCUT2D eigenvalue weighted by Crippen LogP contribution is -2.48. The number of aromatic hydroxyl groups is 1. The molecule has 8 nitrogen and oxygen atoms in total. The highest BCUT2D eigenvalue weighted by Crippen LogP contribution is 2.40. The van der Waals surface area contributed by atoms with Gasteiger partial charge in [-0.05, 0) is 55.3 Å². The molecule has 1 aliphatic carbocycles. The van der Waals surface area contributed by atoms with Crippen LogP contribution in [-0.2, 0) is 17.5 Å². The molecular weight excluding hydrogens is 479 g/mol. The van der Waals surface area contributed by atoms with Crippen molar-refractivity contribution >= 4 is 11.8 Å². The fourth-order valence-corrected chi connectivity index (χ4v) is 3.47. The molecular formula is C25H22F3N3O5. The van der Waals surface area contributed by atoms with E-state index in [4.69, 9.17) is 9.47 Å². The number of amides is 2. The van der Waals surface area contributed by atoms with Gasteiger partial charge in [-0.2, -0.15) is 13.2 Å². The molecule has 0 atom stereocenters. The average Bonchev–Trinajstić information content (AvgIpc) is 3.63. The highest BCUT2D eigenvalue weighted by molar-refractivity contribution is 6.02. The Bertz CT molecular complexity index is 1270. The Morgan fingerprint density at radius 1 is 1.08 bits per heavy atom. The van der Waals surface area contributed by atoms with Crippen LogP contribution >= 0.6 is 0 Å². The Balaban J connectivity index is 1.36. The number of nitrogens with zero attached hydrogens (tertiary/aromatic N) is 1. The predicted molar refractivity (Wildman–Crippen MR) is 122 cm³/mol. The van der Waals surface area contributed by atoms with Crippen LogP contribution in [0, 0.1) is 0 Å². The fourth-order valence-electron chi connectivity index (χ4n) is 3.47. The second-order valence-corrected chi connectivity index (χ2v) is 8.18. The van der Waals surface area contributed by atoms with Gasteiger partial charge >= 0.3 is 6.18 Å². The van der Waals surface area contributed by atoms with Crippen LogP contribution in [0.5, 0.6) is 23.0 Å². The molecule has 0 unspecified atom stereocenters. The van der Waals surface area contributed by atoms with Crippen molar-refractivity contribution in [3.8, 4) is 23.0 Å². The van der Waals surface area contributed by atoms with E-state index in [0.29, 0.717) is 18.5 Å². The number of carbonyl (C=O) groups is 2. The summed E-state index contributed by atoms with van der Waals surface area (Å²) in [5.41, 5.74) is -1.55. The Morgan fingerprint density at radius 2 is 1.81 bits per heavy atom. The number of para-hydroxylation sites is 1. The summed E-state index contributed by atoms with van der Waals surface area (Å²) < 4.78 is 50.4. The third-order valence-electron chi connectivity index (χ3n) is 5.63. The summed E-state index contributed by atoms with van der Waals surface area (Å²) in [4.78, 5) is 29.3. The standard InChI is InChI=1S/C25H22F3N3O5/c1-35-16-8-9-21(19(12-16)25(26,27)28)36-17-7-6-15(29-14-17)13-30-23(34)24(10-11-24)31-22(33)18-4-2-3-5-20(18)32/h2-9,12,14,32H,10-11,13H2,1H3,(H,30,34)(H,31,33). The second-order valence-electron chi connectivity index (χ2n) is 8.18.